The molecule has 0 heterocycles. The van der Waals surface area contributed by atoms with Gasteiger partial charge in [-0.1, -0.05) is 66.8 Å². The standard InChI is InChI=1S/C14H14S2/c15-13-8-4-5-10-14(13,16)11-9-12-6-2-1-3-7-12/h1-11,13,15-16H. The summed E-state index contributed by atoms with van der Waals surface area (Å²) in [4.78, 5) is 0. The van der Waals surface area contributed by atoms with E-state index in [4.69, 9.17) is 0 Å². The van der Waals surface area contributed by atoms with E-state index in [0.717, 1.165) is 0 Å². The van der Waals surface area contributed by atoms with Crippen LogP contribution in [0.15, 0.2) is 60.7 Å². The number of thiol groups is 2. The molecule has 0 aromatic heterocycles. The summed E-state index contributed by atoms with van der Waals surface area (Å²) in [5.74, 6) is 0. The van der Waals surface area contributed by atoms with Crippen molar-refractivity contribution in [3.63, 3.8) is 0 Å². The lowest BCUT2D eigenvalue weighted by Crippen LogP contribution is -2.28. The summed E-state index contributed by atoms with van der Waals surface area (Å²) in [6.45, 7) is 0. The first-order valence-corrected chi connectivity index (χ1v) is 6.18. The van der Waals surface area contributed by atoms with Crippen LogP contribution in [0.4, 0.5) is 0 Å². The van der Waals surface area contributed by atoms with Gasteiger partial charge in [0.2, 0.25) is 0 Å². The molecule has 0 N–H and O–H groups in total. The van der Waals surface area contributed by atoms with E-state index in [1.165, 1.54) is 5.56 Å². The molecular weight excluding hydrogens is 232 g/mol. The van der Waals surface area contributed by atoms with E-state index >= 15 is 0 Å². The second kappa shape index (κ2) is 4.98. The third-order valence-corrected chi connectivity index (χ3v) is 3.96. The number of hydrogen-bond donors (Lipinski definition) is 2. The van der Waals surface area contributed by atoms with E-state index in [9.17, 15) is 0 Å². The maximum absolute atomic E-state index is 4.67. The van der Waals surface area contributed by atoms with E-state index < -0.39 is 0 Å². The van der Waals surface area contributed by atoms with Crippen molar-refractivity contribution in [1.82, 2.24) is 0 Å². The Hall–Kier alpha value is -0.860. The zero-order valence-electron chi connectivity index (χ0n) is 8.82. The van der Waals surface area contributed by atoms with Gasteiger partial charge in [-0.3, -0.25) is 0 Å². The van der Waals surface area contributed by atoms with Gasteiger partial charge in [-0.15, -0.1) is 0 Å². The van der Waals surface area contributed by atoms with Crippen LogP contribution in [0.2, 0.25) is 0 Å². The Bertz CT molecular complexity index is 431. The molecule has 0 nitrogen and oxygen atoms in total. The summed E-state index contributed by atoms with van der Waals surface area (Å²) >= 11 is 9.20. The maximum atomic E-state index is 4.67. The second-order valence-corrected chi connectivity index (χ2v) is 5.15. The van der Waals surface area contributed by atoms with Crippen LogP contribution in [-0.4, -0.2) is 10.00 Å². The predicted molar refractivity (Wildman–Crippen MR) is 78.2 cm³/mol. The molecule has 0 spiro atoms. The molecule has 0 bridgehead atoms. The summed E-state index contributed by atoms with van der Waals surface area (Å²) in [7, 11) is 0. The second-order valence-electron chi connectivity index (χ2n) is 3.82. The minimum Gasteiger partial charge on any atom is -0.170 e. The van der Waals surface area contributed by atoms with E-state index in [0.29, 0.717) is 0 Å². The topological polar surface area (TPSA) is 0 Å². The van der Waals surface area contributed by atoms with E-state index in [1.807, 2.05) is 36.4 Å². The molecule has 0 aliphatic heterocycles. The lowest BCUT2D eigenvalue weighted by molar-refractivity contribution is 0.917. The monoisotopic (exact) mass is 246 g/mol. The maximum Gasteiger partial charge on any atom is 0.0645 e. The van der Waals surface area contributed by atoms with Gasteiger partial charge in [0.25, 0.3) is 0 Å². The van der Waals surface area contributed by atoms with Gasteiger partial charge < -0.3 is 0 Å². The van der Waals surface area contributed by atoms with Crippen molar-refractivity contribution in [2.45, 2.75) is 10.00 Å². The van der Waals surface area contributed by atoms with Gasteiger partial charge in [-0.05, 0) is 5.56 Å². The van der Waals surface area contributed by atoms with Crippen LogP contribution in [0.25, 0.3) is 6.08 Å². The van der Waals surface area contributed by atoms with Gasteiger partial charge in [-0.2, -0.15) is 25.3 Å². The smallest absolute Gasteiger partial charge is 0.0645 e. The molecule has 1 aromatic rings. The fraction of sp³-hybridized carbons (Fsp3) is 0.143. The fourth-order valence-corrected chi connectivity index (χ4v) is 2.10. The lowest BCUT2D eigenvalue weighted by Gasteiger charge is -2.27. The molecule has 0 saturated carbocycles. The average molecular weight is 246 g/mol. The first-order chi connectivity index (χ1) is 7.71. The van der Waals surface area contributed by atoms with Crippen LogP contribution in [0.1, 0.15) is 5.56 Å². The van der Waals surface area contributed by atoms with Crippen molar-refractivity contribution in [1.29, 1.82) is 0 Å². The number of rotatable bonds is 2. The van der Waals surface area contributed by atoms with Crippen LogP contribution in [0.3, 0.4) is 0 Å². The summed E-state index contributed by atoms with van der Waals surface area (Å²) in [5.41, 5.74) is 1.18. The van der Waals surface area contributed by atoms with Crippen molar-refractivity contribution in [3.05, 3.63) is 66.3 Å². The molecule has 16 heavy (non-hydrogen) atoms. The molecule has 2 heteroatoms. The van der Waals surface area contributed by atoms with Gasteiger partial charge in [0, 0.05) is 5.25 Å². The van der Waals surface area contributed by atoms with Crippen molar-refractivity contribution in [3.8, 4) is 0 Å². The molecule has 82 valence electrons. The van der Waals surface area contributed by atoms with Crippen LogP contribution < -0.4 is 0 Å². The first kappa shape index (κ1) is 11.6. The minimum atomic E-state index is -0.298. The zero-order valence-corrected chi connectivity index (χ0v) is 10.6. The van der Waals surface area contributed by atoms with Crippen molar-refractivity contribution in [2.24, 2.45) is 0 Å². The SMILES string of the molecule is SC1C=CC=CC1(S)C=Cc1ccccc1. The molecule has 2 rings (SSSR count). The highest BCUT2D eigenvalue weighted by molar-refractivity contribution is 7.86. The van der Waals surface area contributed by atoms with Crippen LogP contribution >= 0.6 is 25.3 Å². The molecule has 1 aliphatic carbocycles. The third kappa shape index (κ3) is 2.63. The lowest BCUT2D eigenvalue weighted by atomic mass is 9.97. The minimum absolute atomic E-state index is 0.112. The molecule has 0 amide bonds. The van der Waals surface area contributed by atoms with E-state index in [1.54, 1.807) is 0 Å². The molecular formula is C14H14S2. The molecule has 0 fully saturated rings. The predicted octanol–water partition coefficient (Wildman–Crippen LogP) is 3.79. The Labute approximate surface area is 108 Å². The van der Waals surface area contributed by atoms with Gasteiger partial charge in [0.1, 0.15) is 0 Å². The highest BCUT2D eigenvalue weighted by Gasteiger charge is 2.26. The Morgan fingerprint density at radius 3 is 2.56 bits per heavy atom. The highest BCUT2D eigenvalue weighted by Crippen LogP contribution is 2.31. The fourth-order valence-electron chi connectivity index (χ4n) is 1.58. The number of benzene rings is 1. The molecule has 0 radical (unpaired) electrons. The van der Waals surface area contributed by atoms with Gasteiger partial charge >= 0.3 is 0 Å². The average Bonchev–Trinajstić information content (AvgIpc) is 2.32. The quantitative estimate of drug-likeness (QED) is 0.729. The Balaban J connectivity index is 2.18. The molecule has 1 aromatic carbocycles. The highest BCUT2D eigenvalue weighted by atomic mass is 32.1. The Morgan fingerprint density at radius 1 is 1.12 bits per heavy atom. The number of allylic oxidation sites excluding steroid dienone is 2. The largest absolute Gasteiger partial charge is 0.170 e. The summed E-state index contributed by atoms with van der Waals surface area (Å²) < 4.78 is -0.298. The summed E-state index contributed by atoms with van der Waals surface area (Å²) in [5, 5.41) is 0.112. The normalized spacial score (nSPS) is 28.8. The molecule has 0 saturated heterocycles. The van der Waals surface area contributed by atoms with Crippen molar-refractivity contribution >= 4 is 31.3 Å². The molecule has 2 unspecified atom stereocenters. The third-order valence-electron chi connectivity index (χ3n) is 2.58. The van der Waals surface area contributed by atoms with E-state index in [-0.39, 0.29) is 10.00 Å². The number of hydrogen-bond acceptors (Lipinski definition) is 2. The van der Waals surface area contributed by atoms with Crippen molar-refractivity contribution < 1.29 is 0 Å². The Kier molecular flexibility index (Phi) is 3.62. The van der Waals surface area contributed by atoms with Gasteiger partial charge in [0.05, 0.1) is 4.75 Å². The summed E-state index contributed by atoms with van der Waals surface area (Å²) in [6.07, 6.45) is 12.3. The van der Waals surface area contributed by atoms with Crippen LogP contribution in [0.5, 0.6) is 0 Å². The van der Waals surface area contributed by atoms with Gasteiger partial charge in [-0.25, -0.2) is 0 Å². The van der Waals surface area contributed by atoms with Crippen LogP contribution in [0, 0.1) is 0 Å². The zero-order chi connectivity index (χ0) is 11.4. The van der Waals surface area contributed by atoms with E-state index in [2.05, 4.69) is 55.6 Å². The summed E-state index contributed by atoms with van der Waals surface area (Å²) in [6, 6.07) is 10.2. The molecule has 1 aliphatic rings. The first-order valence-electron chi connectivity index (χ1n) is 5.21. The van der Waals surface area contributed by atoms with Crippen molar-refractivity contribution in [2.75, 3.05) is 0 Å². The molecule has 2 atom stereocenters. The van der Waals surface area contributed by atoms with Crippen LogP contribution in [-0.2, 0) is 0 Å². The Morgan fingerprint density at radius 2 is 1.88 bits per heavy atom. The van der Waals surface area contributed by atoms with Gasteiger partial charge in [0.15, 0.2) is 0 Å².